The van der Waals surface area contributed by atoms with Crippen LogP contribution in [0.15, 0.2) is 10.8 Å². The number of amides is 1. The maximum Gasteiger partial charge on any atom is 0.407 e. The van der Waals surface area contributed by atoms with Crippen molar-refractivity contribution in [1.82, 2.24) is 15.3 Å². The molecule has 2 atom stereocenters. The molecule has 0 aliphatic rings. The highest BCUT2D eigenvalue weighted by Gasteiger charge is 2.30. The summed E-state index contributed by atoms with van der Waals surface area (Å²) in [5.41, 5.74) is 0.934. The normalized spacial score (nSPS) is 13.1. The van der Waals surface area contributed by atoms with Crippen LogP contribution in [0.4, 0.5) is 4.79 Å². The zero-order valence-corrected chi connectivity index (χ0v) is 32.6. The zero-order chi connectivity index (χ0) is 36.2. The monoisotopic (exact) mass is 693 g/mol. The Morgan fingerprint density at radius 2 is 0.979 bits per heavy atom. The second-order valence-electron chi connectivity index (χ2n) is 14.2. The van der Waals surface area contributed by atoms with Gasteiger partial charge in [0.1, 0.15) is 21.4 Å². The number of carbonyl (C=O) groups is 4. The minimum absolute atomic E-state index is 0.0143. The standard InChI is InChI=1S/C18H30N2O3S.C18H29NO3S/c1-10(2)13(11(3)4)8-15(23-18(22)19-7)17-20-14(9-24-17)16(21)12(5)6;1-10(2)14(11(3)4)8-16(22-13(7)20)18-19-15(9-23-18)17(21)12(5)6/h9-13,15H,8H2,1-7H3,(H,19,22);9-12,14,16H,8H2,1-7H3/t15-;16-/m11/s1. The van der Waals surface area contributed by atoms with Crippen molar-refractivity contribution in [3.63, 3.8) is 0 Å². The Bertz CT molecular complexity index is 1270. The number of aromatic nitrogens is 2. The van der Waals surface area contributed by atoms with Crippen molar-refractivity contribution >= 4 is 46.3 Å². The van der Waals surface area contributed by atoms with Gasteiger partial charge in [-0.2, -0.15) is 0 Å². The minimum Gasteiger partial charge on any atom is -0.455 e. The molecule has 47 heavy (non-hydrogen) atoms. The summed E-state index contributed by atoms with van der Waals surface area (Å²) in [5.74, 6) is 2.28. The molecular formula is C36H59N3O6S2. The lowest BCUT2D eigenvalue weighted by Crippen LogP contribution is -2.26. The van der Waals surface area contributed by atoms with E-state index in [2.05, 4.69) is 70.7 Å². The number of hydrogen-bond acceptors (Lipinski definition) is 10. The molecule has 1 N–H and O–H groups in total. The fourth-order valence-corrected chi connectivity index (χ4v) is 7.30. The number of nitrogens with zero attached hydrogens (tertiary/aromatic N) is 2. The van der Waals surface area contributed by atoms with Gasteiger partial charge in [0, 0.05) is 36.6 Å². The van der Waals surface area contributed by atoms with Gasteiger partial charge in [0.2, 0.25) is 0 Å². The van der Waals surface area contributed by atoms with Crippen LogP contribution in [-0.2, 0) is 14.3 Å². The number of rotatable bonds is 16. The third-order valence-corrected chi connectivity index (χ3v) is 10.2. The van der Waals surface area contributed by atoms with Gasteiger partial charge in [-0.05, 0) is 48.3 Å². The van der Waals surface area contributed by atoms with Gasteiger partial charge in [0.25, 0.3) is 0 Å². The number of hydrogen-bond donors (Lipinski definition) is 1. The van der Waals surface area contributed by atoms with Gasteiger partial charge in [-0.3, -0.25) is 14.4 Å². The summed E-state index contributed by atoms with van der Waals surface area (Å²) in [6.45, 7) is 26.3. The number of nitrogens with one attached hydrogen (secondary N) is 1. The van der Waals surface area contributed by atoms with E-state index in [0.29, 0.717) is 58.3 Å². The van der Waals surface area contributed by atoms with Crippen LogP contribution in [0, 0.1) is 47.3 Å². The molecule has 0 spiro atoms. The van der Waals surface area contributed by atoms with E-state index in [1.807, 2.05) is 27.7 Å². The Hall–Kier alpha value is -2.66. The Morgan fingerprint density at radius 3 is 1.26 bits per heavy atom. The smallest absolute Gasteiger partial charge is 0.407 e. The second-order valence-corrected chi connectivity index (χ2v) is 16.0. The van der Waals surface area contributed by atoms with Crippen molar-refractivity contribution in [2.24, 2.45) is 47.3 Å². The van der Waals surface area contributed by atoms with Crippen molar-refractivity contribution in [2.75, 3.05) is 7.05 Å². The summed E-state index contributed by atoms with van der Waals surface area (Å²) in [6.07, 6.45) is 0.154. The number of ether oxygens (including phenoxy) is 2. The molecule has 0 saturated carbocycles. The Labute approximate surface area is 291 Å². The lowest BCUT2D eigenvalue weighted by molar-refractivity contribution is -0.148. The van der Waals surface area contributed by atoms with Crippen LogP contribution in [0.25, 0.3) is 0 Å². The summed E-state index contributed by atoms with van der Waals surface area (Å²) in [5, 5.41) is 7.43. The molecule has 1 amide bonds. The summed E-state index contributed by atoms with van der Waals surface area (Å²) in [7, 11) is 1.54. The highest BCUT2D eigenvalue weighted by Crippen LogP contribution is 2.36. The highest BCUT2D eigenvalue weighted by atomic mass is 32.1. The van der Waals surface area contributed by atoms with Crippen molar-refractivity contribution in [3.8, 4) is 0 Å². The largest absolute Gasteiger partial charge is 0.455 e. The molecule has 266 valence electrons. The van der Waals surface area contributed by atoms with E-state index in [4.69, 9.17) is 9.47 Å². The zero-order valence-electron chi connectivity index (χ0n) is 31.0. The topological polar surface area (TPSA) is 125 Å². The summed E-state index contributed by atoms with van der Waals surface area (Å²) < 4.78 is 11.1. The van der Waals surface area contributed by atoms with Gasteiger partial charge in [-0.25, -0.2) is 14.8 Å². The van der Waals surface area contributed by atoms with E-state index in [1.165, 1.54) is 36.6 Å². The van der Waals surface area contributed by atoms with Gasteiger partial charge < -0.3 is 14.8 Å². The number of carbonyl (C=O) groups excluding carboxylic acids is 4. The second kappa shape index (κ2) is 20.0. The van der Waals surface area contributed by atoms with E-state index in [1.54, 1.807) is 10.8 Å². The first kappa shape index (κ1) is 42.4. The van der Waals surface area contributed by atoms with Gasteiger partial charge in [-0.15, -0.1) is 22.7 Å². The van der Waals surface area contributed by atoms with Crippen LogP contribution < -0.4 is 5.32 Å². The number of ketones is 2. The average Bonchev–Trinajstić information content (AvgIpc) is 3.66. The maximum absolute atomic E-state index is 12.1. The number of thiazole rings is 2. The predicted molar refractivity (Wildman–Crippen MR) is 191 cm³/mol. The lowest BCUT2D eigenvalue weighted by Gasteiger charge is -2.28. The van der Waals surface area contributed by atoms with Crippen LogP contribution >= 0.6 is 22.7 Å². The van der Waals surface area contributed by atoms with Crippen LogP contribution in [0.3, 0.4) is 0 Å². The molecule has 2 rings (SSSR count). The summed E-state index contributed by atoms with van der Waals surface area (Å²) in [6, 6.07) is 0. The van der Waals surface area contributed by atoms with Crippen LogP contribution in [0.1, 0.15) is 146 Å². The quantitative estimate of drug-likeness (QED) is 0.136. The fraction of sp³-hybridized carbons (Fsp3) is 0.722. The van der Waals surface area contributed by atoms with Gasteiger partial charge in [0.05, 0.1) is 0 Å². The van der Waals surface area contributed by atoms with Crippen molar-refractivity contribution in [2.45, 2.75) is 115 Å². The number of Topliss-reactive ketones (excluding diaryl/α,β-unsaturated/α-hetero) is 2. The van der Waals surface area contributed by atoms with E-state index in [9.17, 15) is 19.2 Å². The number of alkyl carbamates (subject to hydrolysis) is 1. The Kier molecular flexibility index (Phi) is 18.0. The average molecular weight is 694 g/mol. The van der Waals surface area contributed by atoms with Crippen molar-refractivity contribution < 1.29 is 28.7 Å². The summed E-state index contributed by atoms with van der Waals surface area (Å²) >= 11 is 2.79. The van der Waals surface area contributed by atoms with Crippen LogP contribution in [0.2, 0.25) is 0 Å². The van der Waals surface area contributed by atoms with E-state index in [0.717, 1.165) is 11.4 Å². The molecule has 0 saturated heterocycles. The van der Waals surface area contributed by atoms with E-state index < -0.39 is 12.2 Å². The van der Waals surface area contributed by atoms with Crippen LogP contribution in [0.5, 0.6) is 0 Å². The molecule has 0 unspecified atom stereocenters. The molecule has 2 aromatic heterocycles. The van der Waals surface area contributed by atoms with E-state index in [-0.39, 0.29) is 35.5 Å². The minimum atomic E-state index is -0.474. The van der Waals surface area contributed by atoms with Crippen LogP contribution in [-0.4, -0.2) is 40.6 Å². The highest BCUT2D eigenvalue weighted by molar-refractivity contribution is 7.10. The van der Waals surface area contributed by atoms with Gasteiger partial charge in [-0.1, -0.05) is 83.1 Å². The van der Waals surface area contributed by atoms with E-state index >= 15 is 0 Å². The molecule has 0 fully saturated rings. The molecule has 11 heteroatoms. The number of esters is 1. The Morgan fingerprint density at radius 1 is 0.638 bits per heavy atom. The third kappa shape index (κ3) is 13.8. The summed E-state index contributed by atoms with van der Waals surface area (Å²) in [4.78, 5) is 56.3. The van der Waals surface area contributed by atoms with Crippen molar-refractivity contribution in [3.05, 3.63) is 32.2 Å². The molecular weight excluding hydrogens is 635 g/mol. The molecule has 0 aliphatic carbocycles. The molecule has 9 nitrogen and oxygen atoms in total. The molecule has 0 aliphatic heterocycles. The molecule has 0 radical (unpaired) electrons. The molecule has 2 heterocycles. The molecule has 0 bridgehead atoms. The van der Waals surface area contributed by atoms with Gasteiger partial charge >= 0.3 is 12.1 Å². The molecule has 0 aromatic carbocycles. The first-order chi connectivity index (χ1) is 21.8. The maximum atomic E-state index is 12.1. The molecule has 2 aromatic rings. The predicted octanol–water partition coefficient (Wildman–Crippen LogP) is 9.60. The first-order valence-corrected chi connectivity index (χ1v) is 18.6. The third-order valence-electron chi connectivity index (χ3n) is 8.31. The van der Waals surface area contributed by atoms with Gasteiger partial charge in [0.15, 0.2) is 23.8 Å². The lowest BCUT2D eigenvalue weighted by atomic mass is 9.81. The Balaban J connectivity index is 0.000000470. The first-order valence-electron chi connectivity index (χ1n) is 16.8. The van der Waals surface area contributed by atoms with Crippen molar-refractivity contribution in [1.29, 1.82) is 0 Å². The SMILES string of the molecule is CC(=O)O[C@H](CC(C(C)C)C(C)C)c1nc(C(=O)C(C)C)cs1.CNC(=O)O[C@H](CC(C(C)C)C(C)C)c1nc(C(=O)C(C)C)cs1. The fourth-order valence-electron chi connectivity index (χ4n) is 5.60.